The number of hydrogen-bond acceptors (Lipinski definition) is 3. The Balaban J connectivity index is 1.80. The van der Waals surface area contributed by atoms with E-state index in [9.17, 15) is 4.79 Å². The number of ketones is 1. The van der Waals surface area contributed by atoms with E-state index in [-0.39, 0.29) is 5.92 Å². The molecule has 0 aromatic carbocycles. The Morgan fingerprint density at radius 3 is 3.18 bits per heavy atom. The lowest BCUT2D eigenvalue weighted by atomic mass is 9.98. The summed E-state index contributed by atoms with van der Waals surface area (Å²) in [4.78, 5) is 17.8. The molecule has 2 aromatic rings. The largest absolute Gasteiger partial charge is 0.299 e. The maximum Gasteiger partial charge on any atom is 0.147 e. The molecule has 0 fully saturated rings. The molecular formula is C14H13NOS. The maximum atomic E-state index is 12.2. The van der Waals surface area contributed by atoms with Crippen LogP contribution >= 0.6 is 11.3 Å². The van der Waals surface area contributed by atoms with Crippen molar-refractivity contribution in [3.63, 3.8) is 0 Å². The van der Waals surface area contributed by atoms with Crippen molar-refractivity contribution in [1.29, 1.82) is 0 Å². The Kier molecular flexibility index (Phi) is 2.77. The van der Waals surface area contributed by atoms with E-state index >= 15 is 0 Å². The number of carbonyl (C=O) groups is 1. The van der Waals surface area contributed by atoms with Crippen LogP contribution in [0.15, 0.2) is 35.8 Å². The minimum absolute atomic E-state index is 0.0216. The molecule has 2 aromatic heterocycles. The molecule has 0 bridgehead atoms. The predicted molar refractivity (Wildman–Crippen MR) is 68.3 cm³/mol. The molecule has 0 spiro atoms. The lowest BCUT2D eigenvalue weighted by molar-refractivity contribution is -0.119. The Hall–Kier alpha value is -1.48. The van der Waals surface area contributed by atoms with E-state index in [0.29, 0.717) is 12.2 Å². The fraction of sp³-hybridized carbons (Fsp3) is 0.286. The summed E-state index contributed by atoms with van der Waals surface area (Å²) in [6.07, 6.45) is 4.26. The summed E-state index contributed by atoms with van der Waals surface area (Å²) in [5.74, 6) is 0.332. The first-order valence-corrected chi connectivity index (χ1v) is 6.71. The van der Waals surface area contributed by atoms with Gasteiger partial charge in [0.2, 0.25) is 0 Å². The van der Waals surface area contributed by atoms with E-state index in [4.69, 9.17) is 0 Å². The van der Waals surface area contributed by atoms with Crippen LogP contribution in [-0.4, -0.2) is 10.8 Å². The van der Waals surface area contributed by atoms with Gasteiger partial charge in [-0.3, -0.25) is 9.78 Å². The monoisotopic (exact) mass is 243 g/mol. The fourth-order valence-electron chi connectivity index (χ4n) is 2.43. The number of aromatic nitrogens is 1. The number of pyridine rings is 1. The molecule has 2 heterocycles. The van der Waals surface area contributed by atoms with Crippen LogP contribution in [0.3, 0.4) is 0 Å². The van der Waals surface area contributed by atoms with Crippen LogP contribution < -0.4 is 0 Å². The second-order valence-corrected chi connectivity index (χ2v) is 5.39. The summed E-state index contributed by atoms with van der Waals surface area (Å²) in [5, 5.41) is 2.02. The highest BCUT2D eigenvalue weighted by molar-refractivity contribution is 7.10. The standard InChI is InChI=1S/C14H13NOS/c16-13(9-11-4-2-8-17-11)12-6-5-10-3-1-7-15-14(10)12/h1-4,7-8,12H,5-6,9H2. The van der Waals surface area contributed by atoms with E-state index in [1.807, 2.05) is 23.6 Å². The van der Waals surface area contributed by atoms with E-state index in [1.165, 1.54) is 5.56 Å². The molecule has 1 aliphatic rings. The Morgan fingerprint density at radius 1 is 1.41 bits per heavy atom. The van der Waals surface area contributed by atoms with E-state index < -0.39 is 0 Å². The maximum absolute atomic E-state index is 12.2. The van der Waals surface area contributed by atoms with Gasteiger partial charge in [0.15, 0.2) is 0 Å². The van der Waals surface area contributed by atoms with Crippen molar-refractivity contribution in [2.75, 3.05) is 0 Å². The highest BCUT2D eigenvalue weighted by Gasteiger charge is 2.29. The van der Waals surface area contributed by atoms with E-state index in [1.54, 1.807) is 17.5 Å². The van der Waals surface area contributed by atoms with Gasteiger partial charge in [-0.15, -0.1) is 11.3 Å². The third-order valence-electron chi connectivity index (χ3n) is 3.28. The van der Waals surface area contributed by atoms with Crippen LogP contribution in [0, 0.1) is 0 Å². The van der Waals surface area contributed by atoms with Gasteiger partial charge in [-0.25, -0.2) is 0 Å². The highest BCUT2D eigenvalue weighted by atomic mass is 32.1. The van der Waals surface area contributed by atoms with Gasteiger partial charge in [-0.1, -0.05) is 12.1 Å². The molecule has 0 amide bonds. The molecule has 0 saturated carbocycles. The second kappa shape index (κ2) is 4.41. The van der Waals surface area contributed by atoms with Crippen LogP contribution in [0.1, 0.15) is 28.5 Å². The Morgan fingerprint density at radius 2 is 2.35 bits per heavy atom. The quantitative estimate of drug-likeness (QED) is 0.829. The molecule has 1 unspecified atom stereocenters. The number of thiophene rings is 1. The van der Waals surface area contributed by atoms with Crippen molar-refractivity contribution in [3.05, 3.63) is 52.0 Å². The zero-order valence-electron chi connectivity index (χ0n) is 9.43. The summed E-state index contributed by atoms with van der Waals surface area (Å²) in [6.45, 7) is 0. The second-order valence-electron chi connectivity index (χ2n) is 4.36. The minimum Gasteiger partial charge on any atom is -0.299 e. The van der Waals surface area contributed by atoms with Crippen LogP contribution in [-0.2, 0) is 17.6 Å². The molecule has 3 heteroatoms. The molecule has 3 rings (SSSR count). The van der Waals surface area contributed by atoms with Crippen molar-refractivity contribution >= 4 is 17.1 Å². The first kappa shape index (κ1) is 10.7. The molecule has 0 radical (unpaired) electrons. The van der Waals surface area contributed by atoms with Gasteiger partial charge >= 0.3 is 0 Å². The van der Waals surface area contributed by atoms with Gasteiger partial charge < -0.3 is 0 Å². The minimum atomic E-state index is 0.0216. The van der Waals surface area contributed by atoms with Gasteiger partial charge in [0.25, 0.3) is 0 Å². The van der Waals surface area contributed by atoms with Crippen LogP contribution in [0.2, 0.25) is 0 Å². The number of nitrogens with zero attached hydrogens (tertiary/aromatic N) is 1. The number of fused-ring (bicyclic) bond motifs is 1. The molecule has 17 heavy (non-hydrogen) atoms. The summed E-state index contributed by atoms with van der Waals surface area (Å²) in [6, 6.07) is 8.05. The predicted octanol–water partition coefficient (Wildman–Crippen LogP) is 2.98. The molecular weight excluding hydrogens is 230 g/mol. The SMILES string of the molecule is O=C(Cc1cccs1)C1CCc2cccnc21. The zero-order chi connectivity index (χ0) is 11.7. The first-order chi connectivity index (χ1) is 8.34. The number of Topliss-reactive ketones (excluding diaryl/α,β-unsaturated/α-hetero) is 1. The number of carbonyl (C=O) groups excluding carboxylic acids is 1. The zero-order valence-corrected chi connectivity index (χ0v) is 10.2. The van der Waals surface area contributed by atoms with Gasteiger partial charge in [-0.05, 0) is 35.9 Å². The fourth-order valence-corrected chi connectivity index (χ4v) is 3.15. The van der Waals surface area contributed by atoms with E-state index in [0.717, 1.165) is 23.4 Å². The molecule has 2 nitrogen and oxygen atoms in total. The van der Waals surface area contributed by atoms with Gasteiger partial charge in [0.1, 0.15) is 5.78 Å². The van der Waals surface area contributed by atoms with E-state index in [2.05, 4.69) is 11.1 Å². The van der Waals surface area contributed by atoms with Crippen molar-refractivity contribution in [2.24, 2.45) is 0 Å². The van der Waals surface area contributed by atoms with Gasteiger partial charge in [-0.2, -0.15) is 0 Å². The molecule has 1 aliphatic carbocycles. The molecule has 86 valence electrons. The average molecular weight is 243 g/mol. The van der Waals surface area contributed by atoms with Crippen molar-refractivity contribution in [2.45, 2.75) is 25.2 Å². The number of hydrogen-bond donors (Lipinski definition) is 0. The lowest BCUT2D eigenvalue weighted by Crippen LogP contribution is -2.12. The van der Waals surface area contributed by atoms with Crippen LogP contribution in [0.5, 0.6) is 0 Å². The molecule has 1 atom stereocenters. The van der Waals surface area contributed by atoms with Crippen LogP contribution in [0.25, 0.3) is 0 Å². The van der Waals surface area contributed by atoms with Crippen molar-refractivity contribution in [3.8, 4) is 0 Å². The highest BCUT2D eigenvalue weighted by Crippen LogP contribution is 2.32. The summed E-state index contributed by atoms with van der Waals surface area (Å²) in [5.41, 5.74) is 2.26. The smallest absolute Gasteiger partial charge is 0.147 e. The molecule has 0 saturated heterocycles. The lowest BCUT2D eigenvalue weighted by Gasteiger charge is -2.08. The molecule has 0 N–H and O–H groups in total. The van der Waals surface area contributed by atoms with Crippen LogP contribution in [0.4, 0.5) is 0 Å². The van der Waals surface area contributed by atoms with Gasteiger partial charge in [0, 0.05) is 17.5 Å². The number of aryl methyl sites for hydroxylation is 1. The summed E-state index contributed by atoms with van der Waals surface area (Å²) < 4.78 is 0. The Labute approximate surface area is 104 Å². The molecule has 0 aliphatic heterocycles. The topological polar surface area (TPSA) is 30.0 Å². The third kappa shape index (κ3) is 2.03. The van der Waals surface area contributed by atoms with Crippen molar-refractivity contribution < 1.29 is 4.79 Å². The Bertz CT molecular complexity index is 533. The van der Waals surface area contributed by atoms with Gasteiger partial charge in [0.05, 0.1) is 11.6 Å². The van der Waals surface area contributed by atoms with Crippen molar-refractivity contribution in [1.82, 2.24) is 4.98 Å². The summed E-state index contributed by atoms with van der Waals surface area (Å²) in [7, 11) is 0. The number of rotatable bonds is 3. The third-order valence-corrected chi connectivity index (χ3v) is 4.15. The summed E-state index contributed by atoms with van der Waals surface area (Å²) >= 11 is 1.65. The average Bonchev–Trinajstić information content (AvgIpc) is 2.96. The normalized spacial score (nSPS) is 18.0. The first-order valence-electron chi connectivity index (χ1n) is 5.83.